The molecule has 0 saturated carbocycles. The lowest BCUT2D eigenvalue weighted by Gasteiger charge is -2.09. The molecule has 1 nitrogen and oxygen atoms in total. The maximum atomic E-state index is 11.3. The van der Waals surface area contributed by atoms with Gasteiger partial charge in [-0.15, -0.1) is 0 Å². The van der Waals surface area contributed by atoms with E-state index >= 15 is 0 Å². The van der Waals surface area contributed by atoms with Crippen LogP contribution in [0.3, 0.4) is 0 Å². The second-order valence-electron chi connectivity index (χ2n) is 1.67. The molecule has 0 fully saturated rings. The monoisotopic (exact) mass is 159 g/mol. The zero-order valence-electron chi connectivity index (χ0n) is 4.87. The fraction of sp³-hybridized carbons (Fsp3) is 1.00. The molecule has 0 aliphatic rings. The lowest BCUT2D eigenvalue weighted by Crippen LogP contribution is -2.32. The van der Waals surface area contributed by atoms with E-state index in [4.69, 9.17) is 0 Å². The first-order valence-electron chi connectivity index (χ1n) is 2.40. The third-order valence-electron chi connectivity index (χ3n) is 0.598. The van der Waals surface area contributed by atoms with Crippen LogP contribution in [0.1, 0.15) is 6.92 Å². The molecule has 0 aromatic carbocycles. The molecule has 0 aromatic rings. The van der Waals surface area contributed by atoms with Gasteiger partial charge in [0.2, 0.25) is 0 Å². The summed E-state index contributed by atoms with van der Waals surface area (Å²) in [5, 5.41) is 1.71. The summed E-state index contributed by atoms with van der Waals surface area (Å²) in [4.78, 5) is 0. The molecule has 0 bridgehead atoms. The molecule has 0 radical (unpaired) electrons. The van der Waals surface area contributed by atoms with Crippen LogP contribution in [-0.4, -0.2) is 18.1 Å². The van der Waals surface area contributed by atoms with Gasteiger partial charge in [-0.05, 0) is 6.92 Å². The van der Waals surface area contributed by atoms with E-state index in [9.17, 15) is 13.2 Å². The van der Waals surface area contributed by atoms with E-state index in [1.54, 1.807) is 0 Å². The van der Waals surface area contributed by atoms with Gasteiger partial charge in [-0.3, -0.25) is 5.32 Å². The standard InChI is InChI=1S/C4H8F3NS/c1-3(9)8-2-4(5,6)7/h3,8-9H,2H2,1H3. The zero-order valence-corrected chi connectivity index (χ0v) is 5.76. The van der Waals surface area contributed by atoms with Crippen LogP contribution in [0.15, 0.2) is 0 Å². The summed E-state index contributed by atoms with van der Waals surface area (Å²) in [6, 6.07) is 0. The molecule has 0 spiro atoms. The molecular weight excluding hydrogens is 151 g/mol. The second-order valence-corrected chi connectivity index (χ2v) is 2.45. The van der Waals surface area contributed by atoms with Crippen LogP contribution in [0.2, 0.25) is 0 Å². The topological polar surface area (TPSA) is 12.0 Å². The number of thiol groups is 1. The van der Waals surface area contributed by atoms with Gasteiger partial charge in [-0.25, -0.2) is 0 Å². The summed E-state index contributed by atoms with van der Waals surface area (Å²) < 4.78 is 34.0. The smallest absolute Gasteiger partial charge is 0.297 e. The summed E-state index contributed by atoms with van der Waals surface area (Å²) in [6.07, 6.45) is -4.13. The SMILES string of the molecule is CC(S)NCC(F)(F)F. The lowest BCUT2D eigenvalue weighted by atomic mass is 10.6. The largest absolute Gasteiger partial charge is 0.401 e. The van der Waals surface area contributed by atoms with Crippen LogP contribution in [0.5, 0.6) is 0 Å². The number of hydrogen-bond acceptors (Lipinski definition) is 2. The van der Waals surface area contributed by atoms with E-state index in [1.807, 2.05) is 0 Å². The van der Waals surface area contributed by atoms with Gasteiger partial charge in [0.15, 0.2) is 0 Å². The minimum Gasteiger partial charge on any atom is -0.297 e. The summed E-state index contributed by atoms with van der Waals surface area (Å²) in [6.45, 7) is 0.562. The number of nitrogens with one attached hydrogen (secondary N) is 1. The van der Waals surface area contributed by atoms with Gasteiger partial charge in [0, 0.05) is 5.37 Å². The van der Waals surface area contributed by atoms with Crippen LogP contribution in [-0.2, 0) is 0 Å². The first kappa shape index (κ1) is 9.10. The summed E-state index contributed by atoms with van der Waals surface area (Å²) in [7, 11) is 0. The molecule has 0 aliphatic carbocycles. The molecule has 9 heavy (non-hydrogen) atoms. The fourth-order valence-electron chi connectivity index (χ4n) is 0.263. The van der Waals surface area contributed by atoms with E-state index < -0.39 is 18.1 Å². The van der Waals surface area contributed by atoms with Crippen molar-refractivity contribution in [3.8, 4) is 0 Å². The maximum absolute atomic E-state index is 11.3. The van der Waals surface area contributed by atoms with Crippen LogP contribution in [0, 0.1) is 0 Å². The first-order valence-corrected chi connectivity index (χ1v) is 2.91. The van der Waals surface area contributed by atoms with Crippen molar-refractivity contribution in [1.82, 2.24) is 5.32 Å². The minimum atomic E-state index is -4.13. The van der Waals surface area contributed by atoms with Crippen molar-refractivity contribution in [2.75, 3.05) is 6.54 Å². The average Bonchev–Trinajstić information content (AvgIpc) is 1.59. The summed E-state index contributed by atoms with van der Waals surface area (Å²) >= 11 is 3.70. The Kier molecular flexibility index (Phi) is 3.35. The number of alkyl halides is 3. The predicted molar refractivity (Wildman–Crippen MR) is 32.5 cm³/mol. The van der Waals surface area contributed by atoms with Gasteiger partial charge in [0.25, 0.3) is 0 Å². The molecule has 0 amide bonds. The Hall–Kier alpha value is 0.100. The number of rotatable bonds is 2. The Bertz CT molecular complexity index is 80.4. The average molecular weight is 159 g/mol. The highest BCUT2D eigenvalue weighted by atomic mass is 32.1. The van der Waals surface area contributed by atoms with Crippen molar-refractivity contribution in [3.05, 3.63) is 0 Å². The zero-order chi connectivity index (χ0) is 7.49. The number of hydrogen-bond donors (Lipinski definition) is 2. The van der Waals surface area contributed by atoms with Crippen molar-refractivity contribution in [1.29, 1.82) is 0 Å². The Morgan fingerprint density at radius 2 is 2.00 bits per heavy atom. The fourth-order valence-corrected chi connectivity index (χ4v) is 0.355. The van der Waals surface area contributed by atoms with Crippen molar-refractivity contribution < 1.29 is 13.2 Å². The Morgan fingerprint density at radius 3 is 2.11 bits per heavy atom. The van der Waals surface area contributed by atoms with Crippen LogP contribution in [0.25, 0.3) is 0 Å². The molecule has 0 aliphatic heterocycles. The molecule has 1 N–H and O–H groups in total. The molecule has 56 valence electrons. The van der Waals surface area contributed by atoms with E-state index in [-0.39, 0.29) is 0 Å². The minimum absolute atomic E-state index is 0.411. The maximum Gasteiger partial charge on any atom is 0.401 e. The van der Waals surface area contributed by atoms with Crippen LogP contribution < -0.4 is 5.32 Å². The Labute approximate surface area is 57.0 Å². The van der Waals surface area contributed by atoms with Gasteiger partial charge in [0.05, 0.1) is 6.54 Å². The first-order chi connectivity index (χ1) is 3.92. The van der Waals surface area contributed by atoms with Crippen molar-refractivity contribution in [2.24, 2.45) is 0 Å². The molecule has 0 aromatic heterocycles. The molecule has 0 saturated heterocycles. The normalized spacial score (nSPS) is 15.7. The molecular formula is C4H8F3NS. The van der Waals surface area contributed by atoms with Crippen LogP contribution in [0.4, 0.5) is 13.2 Å². The lowest BCUT2D eigenvalue weighted by molar-refractivity contribution is -0.124. The van der Waals surface area contributed by atoms with E-state index in [0.717, 1.165) is 0 Å². The van der Waals surface area contributed by atoms with E-state index in [2.05, 4.69) is 17.9 Å². The van der Waals surface area contributed by atoms with Gasteiger partial charge in [-0.1, -0.05) is 0 Å². The quantitative estimate of drug-likeness (QED) is 0.458. The molecule has 0 rings (SSSR count). The van der Waals surface area contributed by atoms with Gasteiger partial charge >= 0.3 is 6.18 Å². The van der Waals surface area contributed by atoms with Gasteiger partial charge in [-0.2, -0.15) is 25.8 Å². The van der Waals surface area contributed by atoms with Crippen LogP contribution >= 0.6 is 12.6 Å². The number of halogens is 3. The van der Waals surface area contributed by atoms with Gasteiger partial charge < -0.3 is 0 Å². The highest BCUT2D eigenvalue weighted by Gasteiger charge is 2.26. The summed E-state index contributed by atoms with van der Waals surface area (Å²) in [5.74, 6) is 0. The predicted octanol–water partition coefficient (Wildman–Crippen LogP) is 1.41. The van der Waals surface area contributed by atoms with Crippen molar-refractivity contribution >= 4 is 12.6 Å². The molecule has 1 unspecified atom stereocenters. The Morgan fingerprint density at radius 1 is 1.56 bits per heavy atom. The summed E-state index contributed by atoms with van der Waals surface area (Å²) in [5.41, 5.74) is 0. The van der Waals surface area contributed by atoms with Gasteiger partial charge in [0.1, 0.15) is 0 Å². The molecule has 5 heteroatoms. The third kappa shape index (κ3) is 8.10. The highest BCUT2D eigenvalue weighted by molar-refractivity contribution is 7.80. The third-order valence-corrected chi connectivity index (χ3v) is 0.780. The second kappa shape index (κ2) is 3.31. The van der Waals surface area contributed by atoms with Crippen molar-refractivity contribution in [2.45, 2.75) is 18.5 Å². The van der Waals surface area contributed by atoms with E-state index in [0.29, 0.717) is 0 Å². The van der Waals surface area contributed by atoms with E-state index in [1.165, 1.54) is 6.92 Å². The Balaban J connectivity index is 3.28. The molecule has 0 heterocycles. The van der Waals surface area contributed by atoms with Crippen molar-refractivity contribution in [3.63, 3.8) is 0 Å². The molecule has 1 atom stereocenters. The highest BCUT2D eigenvalue weighted by Crippen LogP contribution is 2.12.